The van der Waals surface area contributed by atoms with Crippen molar-refractivity contribution in [2.45, 2.75) is 13.3 Å². The van der Waals surface area contributed by atoms with Crippen LogP contribution < -0.4 is 10.5 Å². The largest absolute Gasteiger partial charge is 0.497 e. The number of hydrogen-bond donors (Lipinski definition) is 1. The molecule has 0 unspecified atom stereocenters. The summed E-state index contributed by atoms with van der Waals surface area (Å²) in [7, 11) is 1.67. The lowest BCUT2D eigenvalue weighted by Crippen LogP contribution is -2.01. The fourth-order valence-electron chi connectivity index (χ4n) is 2.44. The molecule has 0 aliphatic rings. The number of halogens is 1. The quantitative estimate of drug-likeness (QED) is 0.731. The van der Waals surface area contributed by atoms with E-state index < -0.39 is 0 Å². The lowest BCUT2D eigenvalue weighted by atomic mass is 10.2. The SMILES string of the molecule is CCc1nc2cc(N)ccc2n1-c1cc(OC)ccc1Br. The number of ether oxygens (including phenoxy) is 1. The molecule has 0 bridgehead atoms. The van der Waals surface area contributed by atoms with Gasteiger partial charge in [0.1, 0.15) is 11.6 Å². The fraction of sp³-hybridized carbons (Fsp3) is 0.188. The maximum atomic E-state index is 5.86. The number of nitrogens with zero attached hydrogens (tertiary/aromatic N) is 2. The predicted octanol–water partition coefficient (Wildman–Crippen LogP) is 3.94. The van der Waals surface area contributed by atoms with Crippen molar-refractivity contribution in [1.82, 2.24) is 9.55 Å². The van der Waals surface area contributed by atoms with Gasteiger partial charge in [-0.2, -0.15) is 0 Å². The molecular weight excluding hydrogens is 330 g/mol. The monoisotopic (exact) mass is 345 g/mol. The van der Waals surface area contributed by atoms with Crippen LogP contribution in [-0.4, -0.2) is 16.7 Å². The van der Waals surface area contributed by atoms with Crippen LogP contribution in [0.4, 0.5) is 5.69 Å². The Kier molecular flexibility index (Phi) is 3.59. The highest BCUT2D eigenvalue weighted by atomic mass is 79.9. The van der Waals surface area contributed by atoms with Crippen LogP contribution in [0, 0.1) is 0 Å². The molecule has 0 aliphatic carbocycles. The number of methoxy groups -OCH3 is 1. The summed E-state index contributed by atoms with van der Waals surface area (Å²) in [6, 6.07) is 11.7. The molecule has 3 aromatic rings. The molecule has 1 heterocycles. The van der Waals surface area contributed by atoms with Gasteiger partial charge in [0.2, 0.25) is 0 Å². The molecule has 0 fully saturated rings. The van der Waals surface area contributed by atoms with E-state index in [2.05, 4.69) is 32.4 Å². The molecule has 1 aromatic heterocycles. The number of aromatic nitrogens is 2. The zero-order valence-electron chi connectivity index (χ0n) is 11.9. The van der Waals surface area contributed by atoms with Crippen LogP contribution in [0.5, 0.6) is 5.75 Å². The van der Waals surface area contributed by atoms with Crippen LogP contribution in [0.2, 0.25) is 0 Å². The van der Waals surface area contributed by atoms with E-state index in [1.54, 1.807) is 7.11 Å². The molecule has 0 spiro atoms. The first-order chi connectivity index (χ1) is 10.1. The second kappa shape index (κ2) is 5.41. The van der Waals surface area contributed by atoms with E-state index in [1.807, 2.05) is 36.4 Å². The Morgan fingerprint density at radius 2 is 2.05 bits per heavy atom. The van der Waals surface area contributed by atoms with E-state index in [4.69, 9.17) is 10.5 Å². The lowest BCUT2D eigenvalue weighted by Gasteiger charge is -2.12. The predicted molar refractivity (Wildman–Crippen MR) is 89.1 cm³/mol. The van der Waals surface area contributed by atoms with Crippen LogP contribution in [0.1, 0.15) is 12.7 Å². The van der Waals surface area contributed by atoms with E-state index in [0.29, 0.717) is 0 Å². The van der Waals surface area contributed by atoms with Gasteiger partial charge in [0.05, 0.1) is 23.8 Å². The van der Waals surface area contributed by atoms with Gasteiger partial charge >= 0.3 is 0 Å². The third kappa shape index (κ3) is 2.38. The fourth-order valence-corrected chi connectivity index (χ4v) is 2.87. The minimum Gasteiger partial charge on any atom is -0.497 e. The maximum Gasteiger partial charge on any atom is 0.121 e. The number of nitrogens with two attached hydrogens (primary N) is 1. The minimum absolute atomic E-state index is 0.722. The first-order valence-electron chi connectivity index (χ1n) is 6.74. The first-order valence-corrected chi connectivity index (χ1v) is 7.54. The van der Waals surface area contributed by atoms with E-state index in [-0.39, 0.29) is 0 Å². The highest BCUT2D eigenvalue weighted by molar-refractivity contribution is 9.10. The number of nitrogen functional groups attached to an aromatic ring is 1. The Morgan fingerprint density at radius 1 is 1.24 bits per heavy atom. The van der Waals surface area contributed by atoms with Crippen LogP contribution in [0.3, 0.4) is 0 Å². The molecule has 0 amide bonds. The topological polar surface area (TPSA) is 53.1 Å². The molecule has 3 rings (SSSR count). The maximum absolute atomic E-state index is 5.86. The van der Waals surface area contributed by atoms with Gasteiger partial charge < -0.3 is 10.5 Å². The molecule has 108 valence electrons. The molecule has 0 radical (unpaired) electrons. The number of benzene rings is 2. The number of aryl methyl sites for hydroxylation is 1. The number of hydrogen-bond acceptors (Lipinski definition) is 3. The molecule has 0 saturated heterocycles. The van der Waals surface area contributed by atoms with Gasteiger partial charge in [-0.3, -0.25) is 4.57 Å². The van der Waals surface area contributed by atoms with E-state index in [0.717, 1.165) is 44.9 Å². The normalized spacial score (nSPS) is 11.0. The highest BCUT2D eigenvalue weighted by Crippen LogP contribution is 2.31. The smallest absolute Gasteiger partial charge is 0.121 e. The van der Waals surface area contributed by atoms with E-state index >= 15 is 0 Å². The van der Waals surface area contributed by atoms with Crippen LogP contribution in [0.25, 0.3) is 16.7 Å². The van der Waals surface area contributed by atoms with Gasteiger partial charge in [0.25, 0.3) is 0 Å². The summed E-state index contributed by atoms with van der Waals surface area (Å²) < 4.78 is 8.47. The number of imidazole rings is 1. The third-order valence-electron chi connectivity index (χ3n) is 3.46. The Labute approximate surface area is 131 Å². The van der Waals surface area contributed by atoms with Gasteiger partial charge in [-0.05, 0) is 46.3 Å². The standard InChI is InChI=1S/C16H16BrN3O/c1-3-16-19-13-8-10(18)4-7-14(13)20(16)15-9-11(21-2)5-6-12(15)17/h4-9H,3,18H2,1-2H3. The molecule has 4 nitrogen and oxygen atoms in total. The Bertz CT molecular complexity index is 811. The molecule has 5 heteroatoms. The molecule has 2 N–H and O–H groups in total. The van der Waals surface area contributed by atoms with Crippen molar-refractivity contribution in [3.63, 3.8) is 0 Å². The third-order valence-corrected chi connectivity index (χ3v) is 4.13. The number of rotatable bonds is 3. The van der Waals surface area contributed by atoms with Gasteiger partial charge in [-0.1, -0.05) is 6.92 Å². The number of anilines is 1. The number of fused-ring (bicyclic) bond motifs is 1. The highest BCUT2D eigenvalue weighted by Gasteiger charge is 2.14. The zero-order chi connectivity index (χ0) is 15.0. The Hall–Kier alpha value is -2.01. The summed E-state index contributed by atoms with van der Waals surface area (Å²) in [5, 5.41) is 0. The van der Waals surface area contributed by atoms with Crippen molar-refractivity contribution in [3.05, 3.63) is 46.7 Å². The molecule has 2 aromatic carbocycles. The van der Waals surface area contributed by atoms with Gasteiger partial charge in [0.15, 0.2) is 0 Å². The first kappa shape index (κ1) is 13.9. The van der Waals surface area contributed by atoms with Crippen LogP contribution >= 0.6 is 15.9 Å². The van der Waals surface area contributed by atoms with Crippen molar-refractivity contribution in [1.29, 1.82) is 0 Å². The summed E-state index contributed by atoms with van der Waals surface area (Å²) in [4.78, 5) is 4.69. The van der Waals surface area contributed by atoms with Crippen molar-refractivity contribution in [3.8, 4) is 11.4 Å². The Balaban J connectivity index is 2.33. The summed E-state index contributed by atoms with van der Waals surface area (Å²) in [6.45, 7) is 2.09. The van der Waals surface area contributed by atoms with E-state index in [9.17, 15) is 0 Å². The second-order valence-electron chi connectivity index (χ2n) is 4.78. The average molecular weight is 346 g/mol. The zero-order valence-corrected chi connectivity index (χ0v) is 13.5. The lowest BCUT2D eigenvalue weighted by molar-refractivity contribution is 0.414. The van der Waals surface area contributed by atoms with Crippen molar-refractivity contribution in [2.75, 3.05) is 12.8 Å². The van der Waals surface area contributed by atoms with Gasteiger partial charge in [-0.15, -0.1) is 0 Å². The Morgan fingerprint density at radius 3 is 2.76 bits per heavy atom. The average Bonchev–Trinajstić information content (AvgIpc) is 2.85. The summed E-state index contributed by atoms with van der Waals surface area (Å²) in [6.07, 6.45) is 0.832. The molecular formula is C16H16BrN3O. The molecule has 21 heavy (non-hydrogen) atoms. The second-order valence-corrected chi connectivity index (χ2v) is 5.64. The molecule has 0 aliphatic heterocycles. The van der Waals surface area contributed by atoms with Crippen molar-refractivity contribution < 1.29 is 4.74 Å². The minimum atomic E-state index is 0.722. The van der Waals surface area contributed by atoms with Crippen LogP contribution in [-0.2, 0) is 6.42 Å². The van der Waals surface area contributed by atoms with Crippen molar-refractivity contribution in [2.24, 2.45) is 0 Å². The summed E-state index contributed by atoms with van der Waals surface area (Å²) >= 11 is 3.62. The molecule has 0 saturated carbocycles. The van der Waals surface area contributed by atoms with Gasteiger partial charge in [-0.25, -0.2) is 4.98 Å². The molecule has 0 atom stereocenters. The summed E-state index contributed by atoms with van der Waals surface area (Å²) in [5.41, 5.74) is 9.54. The van der Waals surface area contributed by atoms with Crippen LogP contribution in [0.15, 0.2) is 40.9 Å². The van der Waals surface area contributed by atoms with Crippen molar-refractivity contribution >= 4 is 32.7 Å². The van der Waals surface area contributed by atoms with Gasteiger partial charge in [0, 0.05) is 22.6 Å². The summed E-state index contributed by atoms with van der Waals surface area (Å²) in [5.74, 6) is 1.80. The van der Waals surface area contributed by atoms with E-state index in [1.165, 1.54) is 0 Å².